The lowest BCUT2D eigenvalue weighted by molar-refractivity contribution is 0.382. The molecule has 0 saturated carbocycles. The molecule has 0 atom stereocenters. The molecule has 120 valence electrons. The molecule has 0 saturated heterocycles. The molecule has 3 rings (SSSR count). The Balaban J connectivity index is 1.73. The first-order valence-corrected chi connectivity index (χ1v) is 8.34. The van der Waals surface area contributed by atoms with Gasteiger partial charge in [-0.25, -0.2) is 9.37 Å². The zero-order chi connectivity index (χ0) is 16.2. The summed E-state index contributed by atoms with van der Waals surface area (Å²) in [6.07, 6.45) is 2.86. The number of benzene rings is 1. The van der Waals surface area contributed by atoms with Gasteiger partial charge in [-0.2, -0.15) is 5.10 Å². The Labute approximate surface area is 139 Å². The topological polar surface area (TPSA) is 34.0 Å². The zero-order valence-corrected chi connectivity index (χ0v) is 14.1. The molecule has 1 aromatic carbocycles. The number of aromatic nitrogens is 3. The Kier molecular flexibility index (Phi) is 4.93. The van der Waals surface area contributed by atoms with Crippen molar-refractivity contribution in [3.05, 3.63) is 48.4 Å². The van der Waals surface area contributed by atoms with E-state index in [1.807, 2.05) is 10.7 Å². The minimum atomic E-state index is -0.225. The minimum Gasteiger partial charge on any atom is -0.309 e. The van der Waals surface area contributed by atoms with Crippen LogP contribution in [0.3, 0.4) is 0 Å². The van der Waals surface area contributed by atoms with Crippen molar-refractivity contribution in [1.82, 2.24) is 19.7 Å². The average molecular weight is 330 g/mol. The van der Waals surface area contributed by atoms with E-state index < -0.39 is 0 Å². The monoisotopic (exact) mass is 330 g/mol. The Morgan fingerprint density at radius 1 is 1.13 bits per heavy atom. The Bertz CT molecular complexity index is 783. The van der Waals surface area contributed by atoms with Crippen molar-refractivity contribution in [2.24, 2.45) is 0 Å². The van der Waals surface area contributed by atoms with E-state index in [0.29, 0.717) is 0 Å². The van der Waals surface area contributed by atoms with E-state index in [2.05, 4.69) is 35.1 Å². The SMILES string of the molecule is CN(C)CCCn1ncc2nc(Sc3ccc(F)cc3)ccc21. The summed E-state index contributed by atoms with van der Waals surface area (Å²) in [6.45, 7) is 1.92. The number of pyridine rings is 1. The third kappa shape index (κ3) is 4.09. The fraction of sp³-hybridized carbons (Fsp3) is 0.294. The first-order chi connectivity index (χ1) is 11.1. The van der Waals surface area contributed by atoms with E-state index >= 15 is 0 Å². The lowest BCUT2D eigenvalue weighted by Gasteiger charge is -2.09. The van der Waals surface area contributed by atoms with E-state index in [1.165, 1.54) is 23.9 Å². The highest BCUT2D eigenvalue weighted by atomic mass is 32.2. The van der Waals surface area contributed by atoms with Crippen LogP contribution >= 0.6 is 11.8 Å². The van der Waals surface area contributed by atoms with Gasteiger partial charge >= 0.3 is 0 Å². The van der Waals surface area contributed by atoms with Crippen molar-refractivity contribution < 1.29 is 4.39 Å². The molecular weight excluding hydrogens is 311 g/mol. The molecule has 0 spiro atoms. The predicted octanol–water partition coefficient (Wildman–Crippen LogP) is 3.67. The number of aryl methyl sites for hydroxylation is 1. The summed E-state index contributed by atoms with van der Waals surface area (Å²) in [5, 5.41) is 5.31. The average Bonchev–Trinajstić information content (AvgIpc) is 2.92. The van der Waals surface area contributed by atoms with Crippen LogP contribution < -0.4 is 0 Å². The highest BCUT2D eigenvalue weighted by Crippen LogP contribution is 2.27. The Morgan fingerprint density at radius 2 is 1.91 bits per heavy atom. The van der Waals surface area contributed by atoms with Crippen LogP contribution in [0.5, 0.6) is 0 Å². The summed E-state index contributed by atoms with van der Waals surface area (Å²) in [5.74, 6) is -0.225. The maximum Gasteiger partial charge on any atom is 0.123 e. The van der Waals surface area contributed by atoms with Crippen LogP contribution in [0.25, 0.3) is 11.0 Å². The number of fused-ring (bicyclic) bond motifs is 1. The van der Waals surface area contributed by atoms with Gasteiger partial charge in [-0.3, -0.25) is 4.68 Å². The molecule has 23 heavy (non-hydrogen) atoms. The van der Waals surface area contributed by atoms with Gasteiger partial charge in [0.2, 0.25) is 0 Å². The molecule has 2 heterocycles. The summed E-state index contributed by atoms with van der Waals surface area (Å²) in [7, 11) is 4.14. The smallest absolute Gasteiger partial charge is 0.123 e. The minimum absolute atomic E-state index is 0.225. The molecule has 0 bridgehead atoms. The number of nitrogens with zero attached hydrogens (tertiary/aromatic N) is 4. The Morgan fingerprint density at radius 3 is 2.65 bits per heavy atom. The van der Waals surface area contributed by atoms with E-state index in [9.17, 15) is 4.39 Å². The largest absolute Gasteiger partial charge is 0.309 e. The summed E-state index contributed by atoms with van der Waals surface area (Å²) >= 11 is 1.52. The van der Waals surface area contributed by atoms with E-state index in [1.54, 1.807) is 18.3 Å². The second-order valence-corrected chi connectivity index (χ2v) is 6.73. The highest BCUT2D eigenvalue weighted by molar-refractivity contribution is 7.99. The second kappa shape index (κ2) is 7.10. The molecule has 0 radical (unpaired) electrons. The summed E-state index contributed by atoms with van der Waals surface area (Å²) in [6, 6.07) is 10.5. The van der Waals surface area contributed by atoms with Crippen LogP contribution in [0, 0.1) is 5.82 Å². The first-order valence-electron chi connectivity index (χ1n) is 7.52. The van der Waals surface area contributed by atoms with Crippen molar-refractivity contribution in [2.45, 2.75) is 22.9 Å². The maximum atomic E-state index is 12.9. The summed E-state index contributed by atoms with van der Waals surface area (Å²) < 4.78 is 14.9. The fourth-order valence-electron chi connectivity index (χ4n) is 2.34. The van der Waals surface area contributed by atoms with Gasteiger partial charge in [0.05, 0.1) is 11.7 Å². The van der Waals surface area contributed by atoms with Gasteiger partial charge in [-0.1, -0.05) is 11.8 Å². The third-order valence-corrected chi connectivity index (χ3v) is 4.43. The van der Waals surface area contributed by atoms with E-state index in [0.717, 1.165) is 40.5 Å². The maximum absolute atomic E-state index is 12.9. The van der Waals surface area contributed by atoms with Crippen LogP contribution in [-0.2, 0) is 6.54 Å². The lowest BCUT2D eigenvalue weighted by Crippen LogP contribution is -2.15. The van der Waals surface area contributed by atoms with Gasteiger partial charge in [0.15, 0.2) is 0 Å². The fourth-order valence-corrected chi connectivity index (χ4v) is 3.14. The molecule has 0 aliphatic carbocycles. The quantitative estimate of drug-likeness (QED) is 0.690. The van der Waals surface area contributed by atoms with Crippen LogP contribution in [-0.4, -0.2) is 40.3 Å². The molecule has 0 aliphatic rings. The van der Waals surface area contributed by atoms with Gasteiger partial charge in [0.25, 0.3) is 0 Å². The molecule has 2 aromatic heterocycles. The van der Waals surface area contributed by atoms with Crippen LogP contribution in [0.2, 0.25) is 0 Å². The van der Waals surface area contributed by atoms with Gasteiger partial charge in [0, 0.05) is 11.4 Å². The molecule has 0 N–H and O–H groups in total. The molecule has 6 heteroatoms. The molecule has 0 fully saturated rings. The summed E-state index contributed by atoms with van der Waals surface area (Å²) in [5.41, 5.74) is 1.94. The standard InChI is InChI=1S/C17H19FN4S/c1-21(2)10-3-11-22-16-8-9-17(20-15(16)12-19-22)23-14-6-4-13(18)5-7-14/h4-9,12H,3,10-11H2,1-2H3. The van der Waals surface area contributed by atoms with Gasteiger partial charge < -0.3 is 4.90 Å². The first kappa shape index (κ1) is 16.0. The van der Waals surface area contributed by atoms with Gasteiger partial charge in [0.1, 0.15) is 16.4 Å². The van der Waals surface area contributed by atoms with Crippen molar-refractivity contribution in [1.29, 1.82) is 0 Å². The lowest BCUT2D eigenvalue weighted by atomic mass is 10.3. The van der Waals surface area contributed by atoms with Gasteiger partial charge in [-0.05, 0) is 63.5 Å². The number of hydrogen-bond donors (Lipinski definition) is 0. The van der Waals surface area contributed by atoms with Crippen molar-refractivity contribution in [3.63, 3.8) is 0 Å². The van der Waals surface area contributed by atoms with E-state index in [4.69, 9.17) is 0 Å². The molecule has 0 amide bonds. The molecule has 4 nitrogen and oxygen atoms in total. The number of halogens is 1. The molecule has 3 aromatic rings. The molecule has 0 unspecified atom stereocenters. The van der Waals surface area contributed by atoms with Crippen LogP contribution in [0.15, 0.2) is 52.5 Å². The molecule has 0 aliphatic heterocycles. The molecular formula is C17H19FN4S. The van der Waals surface area contributed by atoms with Crippen molar-refractivity contribution in [3.8, 4) is 0 Å². The number of hydrogen-bond acceptors (Lipinski definition) is 4. The highest BCUT2D eigenvalue weighted by Gasteiger charge is 2.06. The van der Waals surface area contributed by atoms with Crippen molar-refractivity contribution >= 4 is 22.8 Å². The number of rotatable bonds is 6. The normalized spacial score (nSPS) is 11.5. The van der Waals surface area contributed by atoms with E-state index in [-0.39, 0.29) is 5.82 Å². The Hall–Kier alpha value is -1.92. The van der Waals surface area contributed by atoms with Crippen LogP contribution in [0.1, 0.15) is 6.42 Å². The zero-order valence-electron chi connectivity index (χ0n) is 13.2. The summed E-state index contributed by atoms with van der Waals surface area (Å²) in [4.78, 5) is 7.77. The third-order valence-electron chi connectivity index (χ3n) is 3.49. The second-order valence-electron chi connectivity index (χ2n) is 5.63. The predicted molar refractivity (Wildman–Crippen MR) is 91.2 cm³/mol. The van der Waals surface area contributed by atoms with Crippen molar-refractivity contribution in [2.75, 3.05) is 20.6 Å². The van der Waals surface area contributed by atoms with Crippen LogP contribution in [0.4, 0.5) is 4.39 Å². The van der Waals surface area contributed by atoms with Gasteiger partial charge in [-0.15, -0.1) is 0 Å².